The van der Waals surface area contributed by atoms with Crippen molar-refractivity contribution in [2.24, 2.45) is 5.73 Å². The summed E-state index contributed by atoms with van der Waals surface area (Å²) in [6.07, 6.45) is 4.36. The molecule has 0 heterocycles. The lowest BCUT2D eigenvalue weighted by Gasteiger charge is -2.11. The van der Waals surface area contributed by atoms with E-state index < -0.39 is 9.84 Å². The maximum atomic E-state index is 11.3. The van der Waals surface area contributed by atoms with Crippen LogP contribution in [0.2, 0.25) is 0 Å². The molecule has 3 nitrogen and oxygen atoms in total. The third-order valence-corrected chi connectivity index (χ3v) is 3.73. The molecule has 0 unspecified atom stereocenters. The predicted molar refractivity (Wildman–Crippen MR) is 73.3 cm³/mol. The van der Waals surface area contributed by atoms with Crippen LogP contribution in [0.1, 0.15) is 37.8 Å². The highest BCUT2D eigenvalue weighted by molar-refractivity contribution is 7.90. The van der Waals surface area contributed by atoms with Gasteiger partial charge in [-0.05, 0) is 24.1 Å². The van der Waals surface area contributed by atoms with Gasteiger partial charge in [-0.25, -0.2) is 8.42 Å². The number of sulfone groups is 1. The summed E-state index contributed by atoms with van der Waals surface area (Å²) in [6, 6.07) is 6.86. The monoisotopic (exact) mass is 277 g/mol. The van der Waals surface area contributed by atoms with E-state index in [-0.39, 0.29) is 18.4 Å². The highest BCUT2D eigenvalue weighted by Crippen LogP contribution is 2.18. The molecule has 0 aromatic heterocycles. The summed E-state index contributed by atoms with van der Waals surface area (Å²) in [5.74, 6) is 0. The molecule has 1 atom stereocenters. The highest BCUT2D eigenvalue weighted by atomic mass is 35.5. The summed E-state index contributed by atoms with van der Waals surface area (Å²) in [5, 5.41) is 0. The van der Waals surface area contributed by atoms with E-state index in [1.54, 1.807) is 24.3 Å². The molecule has 0 aliphatic carbocycles. The normalized spacial score (nSPS) is 12.9. The van der Waals surface area contributed by atoms with E-state index in [0.29, 0.717) is 4.90 Å². The van der Waals surface area contributed by atoms with Crippen LogP contribution in [0.5, 0.6) is 0 Å². The van der Waals surface area contributed by atoms with Gasteiger partial charge in [-0.15, -0.1) is 12.4 Å². The molecule has 0 aliphatic heterocycles. The summed E-state index contributed by atoms with van der Waals surface area (Å²) in [7, 11) is -3.10. The Balaban J connectivity index is 0.00000256. The van der Waals surface area contributed by atoms with E-state index in [9.17, 15) is 8.42 Å². The number of hydrogen-bond acceptors (Lipinski definition) is 3. The quantitative estimate of drug-likeness (QED) is 0.900. The first kappa shape index (κ1) is 16.4. The standard InChI is InChI=1S/C12H19NO2S.ClH/c1-3-4-5-12(13)10-6-8-11(9-7-10)16(2,14)15;/h6-9,12H,3-5,13H2,1-2H3;1H/t12-;/m1./s1. The van der Waals surface area contributed by atoms with E-state index in [4.69, 9.17) is 5.73 Å². The van der Waals surface area contributed by atoms with Crippen LogP contribution < -0.4 is 5.73 Å². The molecule has 1 aromatic carbocycles. The van der Waals surface area contributed by atoms with Crippen LogP contribution in [0.15, 0.2) is 29.2 Å². The van der Waals surface area contributed by atoms with Crippen LogP contribution in [-0.4, -0.2) is 14.7 Å². The first-order chi connectivity index (χ1) is 7.45. The molecule has 0 aliphatic rings. The summed E-state index contributed by atoms with van der Waals surface area (Å²) in [5.41, 5.74) is 6.99. The van der Waals surface area contributed by atoms with Crippen molar-refractivity contribution in [3.8, 4) is 0 Å². The fourth-order valence-electron chi connectivity index (χ4n) is 1.55. The molecule has 0 amide bonds. The Morgan fingerprint density at radius 3 is 2.18 bits per heavy atom. The Bertz CT molecular complexity index is 428. The van der Waals surface area contributed by atoms with Crippen LogP contribution >= 0.6 is 12.4 Å². The van der Waals surface area contributed by atoms with Gasteiger partial charge in [0.05, 0.1) is 4.90 Å². The Kier molecular flexibility index (Phi) is 6.75. The predicted octanol–water partition coefficient (Wildman–Crippen LogP) is 2.70. The van der Waals surface area contributed by atoms with E-state index in [2.05, 4.69) is 6.92 Å². The van der Waals surface area contributed by atoms with E-state index in [1.165, 1.54) is 6.26 Å². The number of unbranched alkanes of at least 4 members (excludes halogenated alkanes) is 1. The second kappa shape index (κ2) is 6.99. The maximum Gasteiger partial charge on any atom is 0.175 e. The van der Waals surface area contributed by atoms with Gasteiger partial charge in [0, 0.05) is 12.3 Å². The highest BCUT2D eigenvalue weighted by Gasteiger charge is 2.09. The SMILES string of the molecule is CCCC[C@@H](N)c1ccc(S(C)(=O)=O)cc1.Cl. The van der Waals surface area contributed by atoms with Crippen molar-refractivity contribution in [1.29, 1.82) is 0 Å². The van der Waals surface area contributed by atoms with E-state index in [1.807, 2.05) is 0 Å². The summed E-state index contributed by atoms with van der Waals surface area (Å²) < 4.78 is 22.5. The van der Waals surface area contributed by atoms with E-state index in [0.717, 1.165) is 24.8 Å². The lowest BCUT2D eigenvalue weighted by atomic mass is 10.0. The molecule has 0 fully saturated rings. The van der Waals surface area contributed by atoms with Crippen molar-refractivity contribution in [3.63, 3.8) is 0 Å². The molecule has 1 aromatic rings. The maximum absolute atomic E-state index is 11.3. The average molecular weight is 278 g/mol. The van der Waals surface area contributed by atoms with Gasteiger partial charge in [0.25, 0.3) is 0 Å². The van der Waals surface area contributed by atoms with Crippen molar-refractivity contribution in [3.05, 3.63) is 29.8 Å². The zero-order valence-corrected chi connectivity index (χ0v) is 11.9. The Labute approximate surface area is 110 Å². The van der Waals surface area contributed by atoms with Gasteiger partial charge in [0.2, 0.25) is 0 Å². The lowest BCUT2D eigenvalue weighted by molar-refractivity contribution is 0.598. The molecule has 0 bridgehead atoms. The van der Waals surface area contributed by atoms with Gasteiger partial charge in [-0.3, -0.25) is 0 Å². The second-order valence-electron chi connectivity index (χ2n) is 4.09. The van der Waals surface area contributed by atoms with Crippen molar-refractivity contribution in [1.82, 2.24) is 0 Å². The van der Waals surface area contributed by atoms with Crippen LogP contribution in [0.4, 0.5) is 0 Å². The summed E-state index contributed by atoms with van der Waals surface area (Å²) in [4.78, 5) is 0.346. The Morgan fingerprint density at radius 2 is 1.76 bits per heavy atom. The molecule has 17 heavy (non-hydrogen) atoms. The van der Waals surface area contributed by atoms with Gasteiger partial charge in [0.1, 0.15) is 0 Å². The Hall–Kier alpha value is -0.580. The van der Waals surface area contributed by atoms with Gasteiger partial charge in [-0.1, -0.05) is 31.9 Å². The van der Waals surface area contributed by atoms with E-state index >= 15 is 0 Å². The molecule has 0 spiro atoms. The Morgan fingerprint density at radius 1 is 1.24 bits per heavy atom. The van der Waals surface area contributed by atoms with Gasteiger partial charge in [-0.2, -0.15) is 0 Å². The number of nitrogens with two attached hydrogens (primary N) is 1. The molecule has 98 valence electrons. The number of halogens is 1. The molecule has 0 radical (unpaired) electrons. The third kappa shape index (κ3) is 5.06. The van der Waals surface area contributed by atoms with Crippen molar-refractivity contribution < 1.29 is 8.42 Å². The largest absolute Gasteiger partial charge is 0.324 e. The van der Waals surface area contributed by atoms with Crippen molar-refractivity contribution in [2.75, 3.05) is 6.26 Å². The molecule has 5 heteroatoms. The molecular formula is C12H20ClNO2S. The van der Waals surface area contributed by atoms with Crippen LogP contribution in [0.3, 0.4) is 0 Å². The number of benzene rings is 1. The molecule has 0 saturated carbocycles. The molecule has 1 rings (SSSR count). The topological polar surface area (TPSA) is 60.2 Å². The average Bonchev–Trinajstić information content (AvgIpc) is 2.25. The van der Waals surface area contributed by atoms with Gasteiger partial charge >= 0.3 is 0 Å². The van der Waals surface area contributed by atoms with Gasteiger partial charge in [0.15, 0.2) is 9.84 Å². The first-order valence-electron chi connectivity index (χ1n) is 5.50. The van der Waals surface area contributed by atoms with Crippen LogP contribution in [0.25, 0.3) is 0 Å². The van der Waals surface area contributed by atoms with Crippen LogP contribution in [0, 0.1) is 0 Å². The molecular weight excluding hydrogens is 258 g/mol. The first-order valence-corrected chi connectivity index (χ1v) is 7.40. The fraction of sp³-hybridized carbons (Fsp3) is 0.500. The third-order valence-electron chi connectivity index (χ3n) is 2.61. The minimum Gasteiger partial charge on any atom is -0.324 e. The van der Waals surface area contributed by atoms with Gasteiger partial charge < -0.3 is 5.73 Å². The van der Waals surface area contributed by atoms with Crippen LogP contribution in [-0.2, 0) is 9.84 Å². The second-order valence-corrected chi connectivity index (χ2v) is 6.11. The molecule has 2 N–H and O–H groups in total. The summed E-state index contributed by atoms with van der Waals surface area (Å²) in [6.45, 7) is 2.12. The summed E-state index contributed by atoms with van der Waals surface area (Å²) >= 11 is 0. The zero-order valence-electron chi connectivity index (χ0n) is 10.2. The minimum atomic E-state index is -3.10. The zero-order chi connectivity index (χ0) is 12.2. The smallest absolute Gasteiger partial charge is 0.175 e. The lowest BCUT2D eigenvalue weighted by Crippen LogP contribution is -2.10. The fourth-order valence-corrected chi connectivity index (χ4v) is 2.18. The van der Waals surface area contributed by atoms with Crippen molar-refractivity contribution >= 4 is 22.2 Å². The number of hydrogen-bond donors (Lipinski definition) is 1. The van der Waals surface area contributed by atoms with Crippen molar-refractivity contribution in [2.45, 2.75) is 37.1 Å². The number of rotatable bonds is 5. The minimum absolute atomic E-state index is 0. The molecule has 0 saturated heterocycles.